The van der Waals surface area contributed by atoms with Gasteiger partial charge in [0.25, 0.3) is 0 Å². The van der Waals surface area contributed by atoms with Crippen molar-refractivity contribution in [2.75, 3.05) is 7.11 Å². The second-order valence-electron chi connectivity index (χ2n) is 6.78. The number of ether oxygens (including phenoxy) is 1. The fraction of sp³-hybridized carbons (Fsp3) is 0.421. The number of rotatable bonds is 1. The molecule has 2 aromatic carbocycles. The Labute approximate surface area is 129 Å². The first-order chi connectivity index (χ1) is 10.6. The number of ketones is 1. The highest BCUT2D eigenvalue weighted by molar-refractivity contribution is 5.95. The molecule has 114 valence electrons. The van der Waals surface area contributed by atoms with E-state index in [1.54, 1.807) is 13.2 Å². The molecule has 22 heavy (non-hydrogen) atoms. The van der Waals surface area contributed by atoms with Gasteiger partial charge in [-0.15, -0.1) is 0 Å². The highest BCUT2D eigenvalue weighted by atomic mass is 16.5. The van der Waals surface area contributed by atoms with E-state index in [-0.39, 0.29) is 11.2 Å². The van der Waals surface area contributed by atoms with Crippen LogP contribution in [0.25, 0.3) is 10.8 Å². The first-order valence-corrected chi connectivity index (χ1v) is 7.91. The zero-order valence-corrected chi connectivity index (χ0v) is 13.0. The Kier molecular flexibility index (Phi) is 2.77. The Morgan fingerprint density at radius 3 is 2.73 bits per heavy atom. The fourth-order valence-corrected chi connectivity index (χ4v) is 4.54. The molecule has 1 saturated carbocycles. The number of hydrogen-bond donors (Lipinski definition) is 1. The van der Waals surface area contributed by atoms with Gasteiger partial charge in [-0.25, -0.2) is 0 Å². The standard InChI is InChI=1S/C19H20O3/c1-19-10-9-12-11-5-7-16(20)18(22-2)14(11)4-3-13(12)15(19)6-8-17(19)21/h3-5,7,15,20H,6,8-10H2,1-2H3/t15-,19-/m0/s1. The molecule has 0 heterocycles. The predicted molar refractivity (Wildman–Crippen MR) is 85.6 cm³/mol. The van der Waals surface area contributed by atoms with Crippen molar-refractivity contribution >= 4 is 16.6 Å². The molecule has 0 spiro atoms. The first kappa shape index (κ1) is 13.6. The van der Waals surface area contributed by atoms with Crippen LogP contribution < -0.4 is 4.74 Å². The van der Waals surface area contributed by atoms with E-state index in [4.69, 9.17) is 4.74 Å². The van der Waals surface area contributed by atoms with Crippen LogP contribution >= 0.6 is 0 Å². The van der Waals surface area contributed by atoms with Crippen molar-refractivity contribution < 1.29 is 14.6 Å². The maximum absolute atomic E-state index is 12.3. The number of phenolic OH excluding ortho intramolecular Hbond substituents is 1. The molecule has 2 aliphatic carbocycles. The van der Waals surface area contributed by atoms with Gasteiger partial charge in [-0.05, 0) is 47.8 Å². The quantitative estimate of drug-likeness (QED) is 0.866. The molecule has 0 amide bonds. The number of hydrogen-bond acceptors (Lipinski definition) is 3. The molecule has 2 aliphatic rings. The van der Waals surface area contributed by atoms with Crippen molar-refractivity contribution in [1.29, 1.82) is 0 Å². The maximum Gasteiger partial charge on any atom is 0.168 e. The minimum atomic E-state index is -0.179. The number of methoxy groups -OCH3 is 1. The molecule has 0 radical (unpaired) electrons. The number of aryl methyl sites for hydroxylation is 1. The van der Waals surface area contributed by atoms with Crippen molar-refractivity contribution in [3.8, 4) is 11.5 Å². The molecule has 0 bridgehead atoms. The van der Waals surface area contributed by atoms with Crippen LogP contribution in [0.1, 0.15) is 43.2 Å². The van der Waals surface area contributed by atoms with Crippen LogP contribution in [-0.2, 0) is 11.2 Å². The number of phenols is 1. The van der Waals surface area contributed by atoms with Gasteiger partial charge in [-0.2, -0.15) is 0 Å². The van der Waals surface area contributed by atoms with Crippen LogP contribution in [0, 0.1) is 5.41 Å². The highest BCUT2D eigenvalue weighted by Gasteiger charge is 2.49. The lowest BCUT2D eigenvalue weighted by molar-refractivity contribution is -0.126. The summed E-state index contributed by atoms with van der Waals surface area (Å²) < 4.78 is 5.37. The van der Waals surface area contributed by atoms with E-state index in [9.17, 15) is 9.90 Å². The number of carbonyl (C=O) groups is 1. The Hall–Kier alpha value is -2.03. The lowest BCUT2D eigenvalue weighted by Crippen LogP contribution is -2.32. The van der Waals surface area contributed by atoms with Gasteiger partial charge in [0, 0.05) is 17.2 Å². The second kappa shape index (κ2) is 4.48. The Morgan fingerprint density at radius 1 is 1.18 bits per heavy atom. The number of aromatic hydroxyl groups is 1. The summed E-state index contributed by atoms with van der Waals surface area (Å²) >= 11 is 0. The second-order valence-corrected chi connectivity index (χ2v) is 6.78. The van der Waals surface area contributed by atoms with Crippen molar-refractivity contribution in [2.45, 2.75) is 38.5 Å². The van der Waals surface area contributed by atoms with E-state index in [2.05, 4.69) is 13.0 Å². The van der Waals surface area contributed by atoms with Gasteiger partial charge >= 0.3 is 0 Å². The Bertz CT molecular complexity index is 793. The zero-order chi connectivity index (χ0) is 15.5. The summed E-state index contributed by atoms with van der Waals surface area (Å²) in [5.74, 6) is 1.47. The van der Waals surface area contributed by atoms with Crippen molar-refractivity contribution in [1.82, 2.24) is 0 Å². The van der Waals surface area contributed by atoms with Crippen molar-refractivity contribution in [2.24, 2.45) is 5.41 Å². The third-order valence-corrected chi connectivity index (χ3v) is 5.82. The summed E-state index contributed by atoms with van der Waals surface area (Å²) in [5.41, 5.74) is 2.47. The van der Waals surface area contributed by atoms with E-state index in [0.29, 0.717) is 23.9 Å². The summed E-state index contributed by atoms with van der Waals surface area (Å²) in [4.78, 5) is 12.3. The minimum Gasteiger partial charge on any atom is -0.504 e. The topological polar surface area (TPSA) is 46.5 Å². The third kappa shape index (κ3) is 1.59. The third-order valence-electron chi connectivity index (χ3n) is 5.82. The fourth-order valence-electron chi connectivity index (χ4n) is 4.54. The lowest BCUT2D eigenvalue weighted by Gasteiger charge is -2.37. The van der Waals surface area contributed by atoms with E-state index in [1.807, 2.05) is 12.1 Å². The Morgan fingerprint density at radius 2 is 1.95 bits per heavy atom. The largest absolute Gasteiger partial charge is 0.504 e. The average Bonchev–Trinajstić information content (AvgIpc) is 2.82. The number of carbonyl (C=O) groups excluding carboxylic acids is 1. The van der Waals surface area contributed by atoms with E-state index in [0.717, 1.165) is 30.0 Å². The Balaban J connectivity index is 1.96. The van der Waals surface area contributed by atoms with E-state index < -0.39 is 0 Å². The molecular formula is C19H20O3. The van der Waals surface area contributed by atoms with Crippen LogP contribution in [-0.4, -0.2) is 18.0 Å². The smallest absolute Gasteiger partial charge is 0.168 e. The molecule has 0 unspecified atom stereocenters. The molecular weight excluding hydrogens is 276 g/mol. The molecule has 1 N–H and O–H groups in total. The van der Waals surface area contributed by atoms with Crippen LogP contribution in [0.4, 0.5) is 0 Å². The first-order valence-electron chi connectivity index (χ1n) is 7.91. The maximum atomic E-state index is 12.3. The number of benzene rings is 2. The number of fused-ring (bicyclic) bond motifs is 5. The van der Waals surface area contributed by atoms with Crippen LogP contribution in [0.3, 0.4) is 0 Å². The van der Waals surface area contributed by atoms with Gasteiger partial charge < -0.3 is 9.84 Å². The summed E-state index contributed by atoms with van der Waals surface area (Å²) in [7, 11) is 1.58. The van der Waals surface area contributed by atoms with Gasteiger partial charge in [-0.1, -0.05) is 25.1 Å². The van der Waals surface area contributed by atoms with Crippen molar-refractivity contribution in [3.05, 3.63) is 35.4 Å². The molecule has 3 heteroatoms. The van der Waals surface area contributed by atoms with Gasteiger partial charge in [0.2, 0.25) is 0 Å². The van der Waals surface area contributed by atoms with E-state index >= 15 is 0 Å². The van der Waals surface area contributed by atoms with Crippen LogP contribution in [0.2, 0.25) is 0 Å². The van der Waals surface area contributed by atoms with Gasteiger partial charge in [0.15, 0.2) is 11.5 Å². The van der Waals surface area contributed by atoms with Gasteiger partial charge in [0.1, 0.15) is 5.78 Å². The molecule has 2 atom stereocenters. The summed E-state index contributed by atoms with van der Waals surface area (Å²) in [6, 6.07) is 7.85. The highest BCUT2D eigenvalue weighted by Crippen LogP contribution is 2.55. The van der Waals surface area contributed by atoms with Crippen molar-refractivity contribution in [3.63, 3.8) is 0 Å². The molecule has 4 rings (SSSR count). The minimum absolute atomic E-state index is 0.173. The zero-order valence-electron chi connectivity index (χ0n) is 13.0. The van der Waals surface area contributed by atoms with Crippen LogP contribution in [0.15, 0.2) is 24.3 Å². The van der Waals surface area contributed by atoms with Gasteiger partial charge in [-0.3, -0.25) is 4.79 Å². The molecule has 2 aromatic rings. The normalized spacial score (nSPS) is 26.8. The average molecular weight is 296 g/mol. The predicted octanol–water partition coefficient (Wildman–Crippen LogP) is 3.95. The lowest BCUT2D eigenvalue weighted by atomic mass is 9.66. The molecule has 3 nitrogen and oxygen atoms in total. The summed E-state index contributed by atoms with van der Waals surface area (Å²) in [6.07, 6.45) is 3.51. The summed E-state index contributed by atoms with van der Waals surface area (Å²) in [5, 5.41) is 12.1. The number of Topliss-reactive ketones (excluding diaryl/α,β-unsaturated/α-hetero) is 1. The van der Waals surface area contributed by atoms with E-state index in [1.165, 1.54) is 11.1 Å². The molecule has 0 saturated heterocycles. The molecule has 0 aromatic heterocycles. The molecule has 1 fully saturated rings. The SMILES string of the molecule is COc1c(O)ccc2c3c(ccc12)[C@@H]1CCC(=O)[C@@]1(C)CC3. The molecule has 0 aliphatic heterocycles. The monoisotopic (exact) mass is 296 g/mol. The van der Waals surface area contributed by atoms with Crippen LogP contribution in [0.5, 0.6) is 11.5 Å². The van der Waals surface area contributed by atoms with Gasteiger partial charge in [0.05, 0.1) is 7.11 Å². The summed E-state index contributed by atoms with van der Waals surface area (Å²) in [6.45, 7) is 2.14.